The smallest absolute Gasteiger partial charge is 1.00 e. The van der Waals surface area contributed by atoms with Crippen molar-refractivity contribution in [3.05, 3.63) is 97.1 Å². The number of halogens is 1. The third-order valence-corrected chi connectivity index (χ3v) is 13.9. The molecule has 0 atom stereocenters. The van der Waals surface area contributed by atoms with Crippen molar-refractivity contribution < 1.29 is 12.4 Å². The van der Waals surface area contributed by atoms with Crippen molar-refractivity contribution in [3.63, 3.8) is 0 Å². The van der Waals surface area contributed by atoms with Gasteiger partial charge in [0.05, 0.1) is 0 Å². The summed E-state index contributed by atoms with van der Waals surface area (Å²) in [6.45, 7) is 0. The van der Waals surface area contributed by atoms with Gasteiger partial charge < -0.3 is 12.4 Å². The summed E-state index contributed by atoms with van der Waals surface area (Å²) < 4.78 is 4.74. The Balaban J connectivity index is 0.00000256. The molecule has 0 unspecified atom stereocenters. The first-order valence-electron chi connectivity index (χ1n) is 9.33. The fourth-order valence-corrected chi connectivity index (χ4v) is 13.1. The standard InChI is InChI=1S/C24H24AsN4.ClH/c26-21-9-1-5-17(13-21)25(18-6-2-10-22(27)14-18,19-7-3-11-23(28)15-19)20-8-4-12-24(29)16-20;/h1-16H,26-29H2;1H/q+1;/p-1. The summed E-state index contributed by atoms with van der Waals surface area (Å²) in [4.78, 5) is 0. The Hall–Kier alpha value is -3.07. The first kappa shape index (κ1) is 21.6. The van der Waals surface area contributed by atoms with E-state index in [9.17, 15) is 0 Å². The largest absolute Gasteiger partial charge is 1.00 e. The fourth-order valence-electron chi connectivity index (χ4n) is 3.83. The Morgan fingerprint density at radius 2 is 0.633 bits per heavy atom. The van der Waals surface area contributed by atoms with Gasteiger partial charge in [-0.2, -0.15) is 0 Å². The van der Waals surface area contributed by atoms with Crippen LogP contribution in [0, 0.1) is 0 Å². The molecule has 4 nitrogen and oxygen atoms in total. The average molecular weight is 479 g/mol. The first-order chi connectivity index (χ1) is 14.0. The summed E-state index contributed by atoms with van der Waals surface area (Å²) in [5, 5.41) is 0. The van der Waals surface area contributed by atoms with Crippen LogP contribution in [-0.4, -0.2) is 13.6 Å². The molecule has 0 bridgehead atoms. The van der Waals surface area contributed by atoms with Crippen LogP contribution in [0.4, 0.5) is 22.7 Å². The molecule has 0 radical (unpaired) electrons. The monoisotopic (exact) mass is 478 g/mol. The number of benzene rings is 4. The van der Waals surface area contributed by atoms with Crippen molar-refractivity contribution in [2.75, 3.05) is 22.9 Å². The molecule has 0 fully saturated rings. The summed E-state index contributed by atoms with van der Waals surface area (Å²) in [7, 11) is 0. The maximum absolute atomic E-state index is 6.23. The Kier molecular flexibility index (Phi) is 6.30. The molecular weight excluding hydrogens is 455 g/mol. The van der Waals surface area contributed by atoms with Gasteiger partial charge in [0.1, 0.15) is 0 Å². The number of nitrogens with two attached hydrogens (primary N) is 4. The van der Waals surface area contributed by atoms with Crippen molar-refractivity contribution in [3.8, 4) is 0 Å². The van der Waals surface area contributed by atoms with Crippen LogP contribution in [0.25, 0.3) is 0 Å². The molecule has 152 valence electrons. The van der Waals surface area contributed by atoms with Gasteiger partial charge in [0.25, 0.3) is 0 Å². The normalized spacial score (nSPS) is 10.9. The Morgan fingerprint density at radius 3 is 0.833 bits per heavy atom. The van der Waals surface area contributed by atoms with E-state index in [0.717, 1.165) is 22.7 Å². The van der Waals surface area contributed by atoms with Gasteiger partial charge >= 0.3 is 174 Å². The zero-order chi connectivity index (χ0) is 20.4. The summed E-state index contributed by atoms with van der Waals surface area (Å²) in [6.07, 6.45) is 0. The first-order valence-corrected chi connectivity index (χ1v) is 13.1. The topological polar surface area (TPSA) is 104 Å². The van der Waals surface area contributed by atoms with Gasteiger partial charge in [0.2, 0.25) is 0 Å². The van der Waals surface area contributed by atoms with Gasteiger partial charge in [-0.1, -0.05) is 0 Å². The van der Waals surface area contributed by atoms with Crippen molar-refractivity contribution >= 4 is 53.7 Å². The molecule has 0 aliphatic heterocycles. The van der Waals surface area contributed by atoms with E-state index in [0.29, 0.717) is 0 Å². The maximum Gasteiger partial charge on any atom is -1.00 e. The molecule has 0 heterocycles. The number of hydrogen-bond acceptors (Lipinski definition) is 4. The Labute approximate surface area is 185 Å². The number of hydrogen-bond donors (Lipinski definition) is 4. The number of nitrogen functional groups attached to an aromatic ring is 4. The second-order valence-corrected chi connectivity index (χ2v) is 14.2. The van der Waals surface area contributed by atoms with Crippen LogP contribution < -0.4 is 52.7 Å². The fraction of sp³-hybridized carbons (Fsp3) is 0. The molecule has 0 aromatic heterocycles. The predicted molar refractivity (Wildman–Crippen MR) is 128 cm³/mol. The van der Waals surface area contributed by atoms with Gasteiger partial charge in [-0.3, -0.25) is 0 Å². The van der Waals surface area contributed by atoms with Gasteiger partial charge in [0, 0.05) is 0 Å². The van der Waals surface area contributed by atoms with Crippen LogP contribution in [0.1, 0.15) is 0 Å². The minimum Gasteiger partial charge on any atom is -1.00 e. The summed E-state index contributed by atoms with van der Waals surface area (Å²) in [5.74, 6) is 0. The second kappa shape index (κ2) is 8.74. The Bertz CT molecular complexity index is 991. The van der Waals surface area contributed by atoms with Crippen LogP contribution in [-0.2, 0) is 0 Å². The van der Waals surface area contributed by atoms with E-state index in [1.165, 1.54) is 17.4 Å². The summed E-state index contributed by atoms with van der Waals surface area (Å²) in [5.41, 5.74) is 27.8. The van der Waals surface area contributed by atoms with Crippen LogP contribution in [0.5, 0.6) is 0 Å². The predicted octanol–water partition coefficient (Wildman–Crippen LogP) is -1.60. The third-order valence-electron chi connectivity index (χ3n) is 5.03. The molecule has 0 saturated heterocycles. The molecule has 4 aromatic rings. The van der Waals surface area contributed by atoms with Crippen molar-refractivity contribution in [2.24, 2.45) is 0 Å². The second-order valence-electron chi connectivity index (χ2n) is 7.05. The van der Waals surface area contributed by atoms with Crippen molar-refractivity contribution in [2.45, 2.75) is 0 Å². The van der Waals surface area contributed by atoms with E-state index < -0.39 is 13.6 Å². The molecule has 4 aromatic carbocycles. The molecular formula is C24H24AsClN4. The van der Waals surface area contributed by atoms with E-state index in [-0.39, 0.29) is 12.4 Å². The minimum atomic E-state index is -3.23. The van der Waals surface area contributed by atoms with Gasteiger partial charge in [-0.15, -0.1) is 0 Å². The van der Waals surface area contributed by atoms with Crippen LogP contribution in [0.3, 0.4) is 0 Å². The van der Waals surface area contributed by atoms with Crippen molar-refractivity contribution in [1.82, 2.24) is 0 Å². The van der Waals surface area contributed by atoms with E-state index in [4.69, 9.17) is 22.9 Å². The van der Waals surface area contributed by atoms with Gasteiger partial charge in [0.15, 0.2) is 0 Å². The van der Waals surface area contributed by atoms with Crippen LogP contribution in [0.15, 0.2) is 97.1 Å². The van der Waals surface area contributed by atoms with E-state index in [1.807, 2.05) is 48.5 Å². The summed E-state index contributed by atoms with van der Waals surface area (Å²) >= 11 is -3.23. The van der Waals surface area contributed by atoms with E-state index in [2.05, 4.69) is 48.5 Å². The van der Waals surface area contributed by atoms with Crippen LogP contribution >= 0.6 is 0 Å². The molecule has 0 aliphatic rings. The molecule has 30 heavy (non-hydrogen) atoms. The number of rotatable bonds is 4. The summed E-state index contributed by atoms with van der Waals surface area (Å²) in [6, 6.07) is 32.6. The van der Waals surface area contributed by atoms with E-state index in [1.54, 1.807) is 0 Å². The quantitative estimate of drug-likeness (QED) is 0.209. The van der Waals surface area contributed by atoms with Crippen LogP contribution in [0.2, 0.25) is 0 Å². The minimum absolute atomic E-state index is 0. The maximum atomic E-state index is 6.23. The molecule has 0 amide bonds. The molecule has 4 rings (SSSR count). The molecule has 0 spiro atoms. The molecule has 0 aliphatic carbocycles. The third kappa shape index (κ3) is 3.84. The van der Waals surface area contributed by atoms with Crippen molar-refractivity contribution in [1.29, 1.82) is 0 Å². The average Bonchev–Trinajstić information content (AvgIpc) is 2.69. The SMILES string of the molecule is Nc1cccc([As+](c2cccc(N)c2)(c2cccc(N)c2)c2cccc(N)c2)c1.[Cl-]. The molecule has 8 N–H and O–H groups in total. The zero-order valence-corrected chi connectivity index (χ0v) is 19.0. The number of anilines is 4. The van der Waals surface area contributed by atoms with E-state index >= 15 is 0 Å². The Morgan fingerprint density at radius 1 is 0.400 bits per heavy atom. The van der Waals surface area contributed by atoms with Gasteiger partial charge in [-0.25, -0.2) is 0 Å². The molecule has 6 heteroatoms. The van der Waals surface area contributed by atoms with Gasteiger partial charge in [-0.05, 0) is 0 Å². The zero-order valence-electron chi connectivity index (χ0n) is 16.4. The molecule has 0 saturated carbocycles.